The summed E-state index contributed by atoms with van der Waals surface area (Å²) in [6, 6.07) is 24.0. The lowest BCUT2D eigenvalue weighted by molar-refractivity contribution is 0.0950. The second-order valence-electron chi connectivity index (χ2n) is 11.3. The van der Waals surface area contributed by atoms with Crippen molar-refractivity contribution in [1.82, 2.24) is 25.2 Å². The number of rotatable bonds is 7. The fourth-order valence-electron chi connectivity index (χ4n) is 5.91. The largest absolute Gasteiger partial charge is 0.361 e. The standard InChI is InChI=1S/C26H27FN4O.C10H6ClNO/c27-21-6-7-22-23(17-30-25(22)15-21)18-8-12-31(13-9-18)11-3-10-28-26(32)20-14-19-4-1-2-5-24(19)29-16-20;11-10(13)8-5-7-3-1-2-4-9(7)12-6-8/h1-2,4-7,14-18,30H,3,8-13H2,(H,28,32);1-6H. The van der Waals surface area contributed by atoms with Crippen LogP contribution in [0.25, 0.3) is 32.7 Å². The van der Waals surface area contributed by atoms with Gasteiger partial charge in [0.05, 0.1) is 22.2 Å². The first-order valence-corrected chi connectivity index (χ1v) is 15.5. The molecule has 2 N–H and O–H groups in total. The number of nitrogens with one attached hydrogen (secondary N) is 2. The van der Waals surface area contributed by atoms with Crippen LogP contribution >= 0.6 is 11.6 Å². The maximum absolute atomic E-state index is 13.4. The van der Waals surface area contributed by atoms with Crippen molar-refractivity contribution in [2.24, 2.45) is 0 Å². The lowest BCUT2D eigenvalue weighted by Crippen LogP contribution is -2.35. The first-order chi connectivity index (χ1) is 21.9. The van der Waals surface area contributed by atoms with E-state index in [1.807, 2.05) is 66.9 Å². The normalized spacial score (nSPS) is 13.9. The topological polar surface area (TPSA) is 91.0 Å². The number of H-pyrrole nitrogens is 1. The van der Waals surface area contributed by atoms with Crippen LogP contribution in [0.4, 0.5) is 4.39 Å². The van der Waals surface area contributed by atoms with Crippen molar-refractivity contribution >= 4 is 55.5 Å². The van der Waals surface area contributed by atoms with Gasteiger partial charge in [-0.05, 0) is 104 Å². The van der Waals surface area contributed by atoms with Crippen LogP contribution in [0.1, 0.15) is 51.5 Å². The number of nitrogens with zero attached hydrogens (tertiary/aromatic N) is 3. The van der Waals surface area contributed by atoms with Gasteiger partial charge < -0.3 is 15.2 Å². The quantitative estimate of drug-likeness (QED) is 0.143. The number of hydrogen-bond donors (Lipinski definition) is 2. The van der Waals surface area contributed by atoms with Crippen LogP contribution in [0.2, 0.25) is 0 Å². The molecule has 3 aromatic heterocycles. The Morgan fingerprint density at radius 1 is 0.889 bits per heavy atom. The van der Waals surface area contributed by atoms with Gasteiger partial charge in [-0.3, -0.25) is 19.6 Å². The minimum atomic E-state index is -0.474. The number of carbonyl (C=O) groups excluding carboxylic acids is 2. The second-order valence-corrected chi connectivity index (χ2v) is 11.6. The number of hydrogen-bond acceptors (Lipinski definition) is 5. The number of carbonyl (C=O) groups is 2. The summed E-state index contributed by atoms with van der Waals surface area (Å²) in [6.07, 6.45) is 8.28. The number of aromatic amines is 1. The van der Waals surface area contributed by atoms with Crippen LogP contribution in [0.5, 0.6) is 0 Å². The number of piperidine rings is 1. The van der Waals surface area contributed by atoms with Gasteiger partial charge in [0.15, 0.2) is 0 Å². The highest BCUT2D eigenvalue weighted by Crippen LogP contribution is 2.33. The molecule has 4 heterocycles. The summed E-state index contributed by atoms with van der Waals surface area (Å²) in [5, 5.41) is 5.58. The molecule has 1 saturated heterocycles. The number of halogens is 2. The van der Waals surface area contributed by atoms with E-state index in [0.29, 0.717) is 23.6 Å². The molecule has 1 fully saturated rings. The fraction of sp³-hybridized carbons (Fsp3) is 0.222. The molecule has 0 unspecified atom stereocenters. The van der Waals surface area contributed by atoms with E-state index in [9.17, 15) is 14.0 Å². The molecule has 1 aliphatic rings. The molecule has 45 heavy (non-hydrogen) atoms. The van der Waals surface area contributed by atoms with Crippen LogP contribution in [0.15, 0.2) is 97.5 Å². The van der Waals surface area contributed by atoms with Gasteiger partial charge >= 0.3 is 0 Å². The highest BCUT2D eigenvalue weighted by molar-refractivity contribution is 6.67. The summed E-state index contributed by atoms with van der Waals surface area (Å²) in [6.45, 7) is 3.71. The van der Waals surface area contributed by atoms with E-state index >= 15 is 0 Å². The van der Waals surface area contributed by atoms with E-state index in [-0.39, 0.29) is 11.7 Å². The van der Waals surface area contributed by atoms with E-state index in [1.165, 1.54) is 17.8 Å². The molecule has 7 rings (SSSR count). The SMILES string of the molecule is O=C(Cl)c1cnc2ccccc2c1.O=C(NCCCN1CCC(c2c[nH]c3cc(F)ccc23)CC1)c1cnc2ccccc2c1. The number of likely N-dealkylation sites (tertiary alicyclic amines) is 1. The molecule has 1 aliphatic heterocycles. The average molecular weight is 622 g/mol. The van der Waals surface area contributed by atoms with Crippen molar-refractivity contribution in [3.8, 4) is 0 Å². The number of benzene rings is 3. The van der Waals surface area contributed by atoms with Gasteiger partial charge in [-0.2, -0.15) is 0 Å². The Kier molecular flexibility index (Phi) is 9.43. The number of pyridine rings is 2. The molecule has 3 aromatic carbocycles. The molecule has 0 atom stereocenters. The number of aromatic nitrogens is 3. The molecule has 0 bridgehead atoms. The van der Waals surface area contributed by atoms with Gasteiger partial charge in [-0.15, -0.1) is 0 Å². The van der Waals surface area contributed by atoms with Crippen LogP contribution in [0, 0.1) is 5.82 Å². The Hall–Kier alpha value is -4.66. The Labute approximate surface area is 265 Å². The summed E-state index contributed by atoms with van der Waals surface area (Å²) >= 11 is 5.32. The summed E-state index contributed by atoms with van der Waals surface area (Å²) < 4.78 is 13.4. The minimum Gasteiger partial charge on any atom is -0.361 e. The Morgan fingerprint density at radius 2 is 1.53 bits per heavy atom. The average Bonchev–Trinajstić information content (AvgIpc) is 3.49. The van der Waals surface area contributed by atoms with Gasteiger partial charge in [-0.1, -0.05) is 36.4 Å². The van der Waals surface area contributed by atoms with Crippen LogP contribution in [-0.4, -0.2) is 57.2 Å². The predicted octanol–water partition coefficient (Wildman–Crippen LogP) is 7.47. The summed E-state index contributed by atoms with van der Waals surface area (Å²) in [4.78, 5) is 37.4. The molecule has 228 valence electrons. The molecular weight excluding hydrogens is 589 g/mol. The van der Waals surface area contributed by atoms with Gasteiger partial charge in [-0.25, -0.2) is 4.39 Å². The number of amides is 1. The zero-order valence-corrected chi connectivity index (χ0v) is 25.4. The van der Waals surface area contributed by atoms with Gasteiger partial charge in [0.25, 0.3) is 11.1 Å². The monoisotopic (exact) mass is 621 g/mol. The first kappa shape index (κ1) is 30.4. The lowest BCUT2D eigenvalue weighted by Gasteiger charge is -2.32. The van der Waals surface area contributed by atoms with E-state index in [2.05, 4.69) is 25.2 Å². The Balaban J connectivity index is 0.000000229. The third-order valence-corrected chi connectivity index (χ3v) is 8.53. The lowest BCUT2D eigenvalue weighted by atomic mass is 9.89. The third-order valence-electron chi connectivity index (χ3n) is 8.31. The molecule has 0 spiro atoms. The molecule has 1 amide bonds. The van der Waals surface area contributed by atoms with E-state index in [4.69, 9.17) is 11.6 Å². The van der Waals surface area contributed by atoms with Crippen LogP contribution in [-0.2, 0) is 0 Å². The van der Waals surface area contributed by atoms with Crippen molar-refractivity contribution in [1.29, 1.82) is 0 Å². The summed E-state index contributed by atoms with van der Waals surface area (Å²) in [5.74, 6) is 0.230. The van der Waals surface area contributed by atoms with Crippen molar-refractivity contribution in [2.75, 3.05) is 26.2 Å². The smallest absolute Gasteiger partial charge is 0.253 e. The molecule has 7 nitrogen and oxygen atoms in total. The van der Waals surface area contributed by atoms with Crippen molar-refractivity contribution < 1.29 is 14.0 Å². The zero-order valence-electron chi connectivity index (χ0n) is 24.7. The fourth-order valence-corrected chi connectivity index (χ4v) is 6.01. The van der Waals surface area contributed by atoms with E-state index in [1.54, 1.807) is 18.3 Å². The predicted molar refractivity (Wildman–Crippen MR) is 177 cm³/mol. The Morgan fingerprint density at radius 3 is 2.22 bits per heavy atom. The molecule has 0 saturated carbocycles. The molecule has 6 aromatic rings. The summed E-state index contributed by atoms with van der Waals surface area (Å²) in [5.41, 5.74) is 4.97. The highest BCUT2D eigenvalue weighted by atomic mass is 35.5. The van der Waals surface area contributed by atoms with Gasteiger partial charge in [0.2, 0.25) is 0 Å². The van der Waals surface area contributed by atoms with Gasteiger partial charge in [0.1, 0.15) is 5.82 Å². The zero-order chi connectivity index (χ0) is 31.2. The second kappa shape index (κ2) is 14.0. The van der Waals surface area contributed by atoms with Crippen molar-refractivity contribution in [2.45, 2.75) is 25.2 Å². The van der Waals surface area contributed by atoms with Crippen LogP contribution < -0.4 is 5.32 Å². The van der Waals surface area contributed by atoms with Crippen LogP contribution in [0.3, 0.4) is 0 Å². The van der Waals surface area contributed by atoms with Crippen molar-refractivity contribution in [3.05, 3.63) is 120 Å². The molecular formula is C36H33ClFN5O2. The molecule has 9 heteroatoms. The highest BCUT2D eigenvalue weighted by Gasteiger charge is 2.22. The first-order valence-electron chi connectivity index (χ1n) is 15.1. The molecule has 0 aliphatic carbocycles. The third kappa shape index (κ3) is 7.36. The van der Waals surface area contributed by atoms with E-state index in [0.717, 1.165) is 71.6 Å². The van der Waals surface area contributed by atoms with E-state index < -0.39 is 5.24 Å². The van der Waals surface area contributed by atoms with Gasteiger partial charge in [0, 0.05) is 46.8 Å². The number of para-hydroxylation sites is 2. The Bertz CT molecular complexity index is 1970. The van der Waals surface area contributed by atoms with Crippen molar-refractivity contribution in [3.63, 3.8) is 0 Å². The minimum absolute atomic E-state index is 0.0715. The number of fused-ring (bicyclic) bond motifs is 3. The molecule has 0 radical (unpaired) electrons. The maximum Gasteiger partial charge on any atom is 0.253 e. The summed E-state index contributed by atoms with van der Waals surface area (Å²) in [7, 11) is 0. The maximum atomic E-state index is 13.4.